The summed E-state index contributed by atoms with van der Waals surface area (Å²) in [6, 6.07) is 11.5. The molecule has 0 aliphatic carbocycles. The predicted octanol–water partition coefficient (Wildman–Crippen LogP) is 3.43. The van der Waals surface area contributed by atoms with E-state index < -0.39 is 5.82 Å². The van der Waals surface area contributed by atoms with Gasteiger partial charge >= 0.3 is 0 Å². The van der Waals surface area contributed by atoms with Crippen LogP contribution in [0.2, 0.25) is 5.02 Å². The highest BCUT2D eigenvalue weighted by Crippen LogP contribution is 2.27. The molecule has 108 valence electrons. The Labute approximate surface area is 127 Å². The van der Waals surface area contributed by atoms with Crippen molar-refractivity contribution in [1.82, 2.24) is 0 Å². The molecule has 0 saturated carbocycles. The number of hydrogen-bond donors (Lipinski definition) is 1. The molecule has 0 aromatic heterocycles. The van der Waals surface area contributed by atoms with Crippen molar-refractivity contribution in [3.63, 3.8) is 0 Å². The standard InChI is InChI=1S/C16H14ClFN2O/c17-14-2-1-3-16(13(14)6-7-19)21-10-12-5-4-11(9-20)8-15(12)18/h1-5,8H,6-7,10,19H2. The minimum absolute atomic E-state index is 0.0649. The van der Waals surface area contributed by atoms with Crippen LogP contribution in [0.15, 0.2) is 36.4 Å². The molecule has 0 aliphatic heterocycles. The van der Waals surface area contributed by atoms with Gasteiger partial charge in [-0.1, -0.05) is 23.7 Å². The fourth-order valence-corrected chi connectivity index (χ4v) is 2.21. The maximum Gasteiger partial charge on any atom is 0.131 e. The third kappa shape index (κ3) is 3.72. The van der Waals surface area contributed by atoms with E-state index >= 15 is 0 Å². The lowest BCUT2D eigenvalue weighted by Crippen LogP contribution is -2.06. The van der Waals surface area contributed by atoms with Crippen LogP contribution in [0.1, 0.15) is 16.7 Å². The van der Waals surface area contributed by atoms with Crippen LogP contribution >= 0.6 is 11.6 Å². The van der Waals surface area contributed by atoms with E-state index in [9.17, 15) is 4.39 Å². The number of nitrogens with two attached hydrogens (primary N) is 1. The van der Waals surface area contributed by atoms with Crippen molar-refractivity contribution in [2.75, 3.05) is 6.54 Å². The quantitative estimate of drug-likeness (QED) is 0.920. The smallest absolute Gasteiger partial charge is 0.131 e. The molecule has 2 rings (SSSR count). The van der Waals surface area contributed by atoms with Gasteiger partial charge in [-0.15, -0.1) is 0 Å². The zero-order valence-electron chi connectivity index (χ0n) is 11.3. The Morgan fingerprint density at radius 1 is 1.29 bits per heavy atom. The summed E-state index contributed by atoms with van der Waals surface area (Å²) < 4.78 is 19.4. The monoisotopic (exact) mass is 304 g/mol. The summed E-state index contributed by atoms with van der Waals surface area (Å²) in [7, 11) is 0. The van der Waals surface area contributed by atoms with Crippen LogP contribution in [0.4, 0.5) is 4.39 Å². The summed E-state index contributed by atoms with van der Waals surface area (Å²) in [5, 5.41) is 9.29. The number of rotatable bonds is 5. The molecule has 0 atom stereocenters. The van der Waals surface area contributed by atoms with Gasteiger partial charge in [0, 0.05) is 16.1 Å². The van der Waals surface area contributed by atoms with Gasteiger partial charge in [-0.05, 0) is 37.2 Å². The molecule has 0 unspecified atom stereocenters. The molecule has 2 aromatic rings. The highest BCUT2D eigenvalue weighted by Gasteiger charge is 2.09. The van der Waals surface area contributed by atoms with Crippen LogP contribution in [0.5, 0.6) is 5.75 Å². The summed E-state index contributed by atoms with van der Waals surface area (Å²) in [6.45, 7) is 0.515. The summed E-state index contributed by atoms with van der Waals surface area (Å²) in [5.41, 5.74) is 7.03. The first-order chi connectivity index (χ1) is 10.2. The first-order valence-electron chi connectivity index (χ1n) is 6.44. The molecule has 5 heteroatoms. The Hall–Kier alpha value is -2.09. The predicted molar refractivity (Wildman–Crippen MR) is 79.7 cm³/mol. The number of benzene rings is 2. The molecular formula is C16H14ClFN2O. The van der Waals surface area contributed by atoms with E-state index in [4.69, 9.17) is 27.3 Å². The molecule has 0 saturated heterocycles. The molecule has 2 aromatic carbocycles. The molecule has 0 fully saturated rings. The van der Waals surface area contributed by atoms with Crippen molar-refractivity contribution in [1.29, 1.82) is 5.26 Å². The Morgan fingerprint density at radius 2 is 2.10 bits per heavy atom. The maximum absolute atomic E-state index is 13.8. The van der Waals surface area contributed by atoms with Crippen molar-refractivity contribution < 1.29 is 9.13 Å². The lowest BCUT2D eigenvalue weighted by Gasteiger charge is -2.13. The number of nitriles is 1. The molecule has 0 spiro atoms. The summed E-state index contributed by atoms with van der Waals surface area (Å²) in [4.78, 5) is 0. The second-order valence-electron chi connectivity index (χ2n) is 4.46. The topological polar surface area (TPSA) is 59.0 Å². The normalized spacial score (nSPS) is 10.2. The molecule has 2 N–H and O–H groups in total. The second kappa shape index (κ2) is 7.07. The number of hydrogen-bond acceptors (Lipinski definition) is 3. The van der Waals surface area contributed by atoms with Crippen LogP contribution in [0.25, 0.3) is 0 Å². The number of nitrogens with zero attached hydrogens (tertiary/aromatic N) is 1. The summed E-state index contributed by atoms with van der Waals surface area (Å²) in [5.74, 6) is 0.133. The zero-order chi connectivity index (χ0) is 15.2. The fraction of sp³-hybridized carbons (Fsp3) is 0.188. The molecule has 0 bridgehead atoms. The van der Waals surface area contributed by atoms with Crippen molar-refractivity contribution in [3.8, 4) is 11.8 Å². The van der Waals surface area contributed by atoms with Crippen molar-refractivity contribution >= 4 is 11.6 Å². The number of halogens is 2. The highest BCUT2D eigenvalue weighted by molar-refractivity contribution is 6.31. The van der Waals surface area contributed by atoms with Gasteiger partial charge in [0.05, 0.1) is 11.6 Å². The average molecular weight is 305 g/mol. The third-order valence-electron chi connectivity index (χ3n) is 3.04. The van der Waals surface area contributed by atoms with E-state index in [1.807, 2.05) is 6.07 Å². The SMILES string of the molecule is N#Cc1ccc(COc2cccc(Cl)c2CCN)c(F)c1. The van der Waals surface area contributed by atoms with Crippen LogP contribution in [0, 0.1) is 17.1 Å². The van der Waals surface area contributed by atoms with Gasteiger partial charge in [0.25, 0.3) is 0 Å². The van der Waals surface area contributed by atoms with E-state index in [0.717, 1.165) is 5.56 Å². The van der Waals surface area contributed by atoms with Gasteiger partial charge in [-0.3, -0.25) is 0 Å². The van der Waals surface area contributed by atoms with Crippen LogP contribution in [-0.2, 0) is 13.0 Å². The first-order valence-corrected chi connectivity index (χ1v) is 6.82. The van der Waals surface area contributed by atoms with Gasteiger partial charge in [0.15, 0.2) is 0 Å². The zero-order valence-corrected chi connectivity index (χ0v) is 12.0. The maximum atomic E-state index is 13.8. The Balaban J connectivity index is 2.17. The minimum atomic E-state index is -0.462. The number of ether oxygens (including phenoxy) is 1. The van der Waals surface area contributed by atoms with E-state index in [1.165, 1.54) is 6.07 Å². The summed E-state index contributed by atoms with van der Waals surface area (Å²) >= 11 is 6.12. The van der Waals surface area contributed by atoms with E-state index in [2.05, 4.69) is 0 Å². The minimum Gasteiger partial charge on any atom is -0.488 e. The van der Waals surface area contributed by atoms with Crippen molar-refractivity contribution in [2.45, 2.75) is 13.0 Å². The summed E-state index contributed by atoms with van der Waals surface area (Å²) in [6.07, 6.45) is 0.588. The Kier molecular flexibility index (Phi) is 5.15. The van der Waals surface area contributed by atoms with Crippen molar-refractivity contribution in [2.24, 2.45) is 5.73 Å². The van der Waals surface area contributed by atoms with E-state index in [1.54, 1.807) is 30.3 Å². The molecule has 21 heavy (non-hydrogen) atoms. The molecule has 0 aliphatic rings. The van der Waals surface area contributed by atoms with Crippen LogP contribution in [-0.4, -0.2) is 6.54 Å². The largest absolute Gasteiger partial charge is 0.488 e. The average Bonchev–Trinajstić information content (AvgIpc) is 2.49. The Morgan fingerprint density at radius 3 is 2.76 bits per heavy atom. The Bertz CT molecular complexity index is 682. The van der Waals surface area contributed by atoms with Gasteiger partial charge in [0.1, 0.15) is 18.2 Å². The lowest BCUT2D eigenvalue weighted by molar-refractivity contribution is 0.297. The first kappa shape index (κ1) is 15.3. The van der Waals surface area contributed by atoms with Crippen molar-refractivity contribution in [3.05, 3.63) is 63.9 Å². The fourth-order valence-electron chi connectivity index (χ4n) is 1.95. The molecular weight excluding hydrogens is 291 g/mol. The molecule has 0 amide bonds. The lowest BCUT2D eigenvalue weighted by atomic mass is 10.1. The molecule has 0 radical (unpaired) electrons. The van der Waals surface area contributed by atoms with Gasteiger partial charge in [-0.25, -0.2) is 4.39 Å². The van der Waals surface area contributed by atoms with Gasteiger partial charge < -0.3 is 10.5 Å². The molecule has 3 nitrogen and oxygen atoms in total. The van der Waals surface area contributed by atoms with Crippen LogP contribution in [0.3, 0.4) is 0 Å². The van der Waals surface area contributed by atoms with Gasteiger partial charge in [0.2, 0.25) is 0 Å². The van der Waals surface area contributed by atoms with Gasteiger partial charge in [-0.2, -0.15) is 5.26 Å². The highest BCUT2D eigenvalue weighted by atomic mass is 35.5. The van der Waals surface area contributed by atoms with E-state index in [0.29, 0.717) is 29.3 Å². The second-order valence-corrected chi connectivity index (χ2v) is 4.87. The van der Waals surface area contributed by atoms with Crippen LogP contribution < -0.4 is 10.5 Å². The molecule has 0 heterocycles. The third-order valence-corrected chi connectivity index (χ3v) is 3.39. The van der Waals surface area contributed by atoms with E-state index in [-0.39, 0.29) is 12.2 Å².